The zero-order chi connectivity index (χ0) is 14.1. The van der Waals surface area contributed by atoms with Crippen LogP contribution in [-0.4, -0.2) is 18.0 Å². The van der Waals surface area contributed by atoms with Crippen LogP contribution in [0.25, 0.3) is 10.1 Å². The first-order valence-corrected chi connectivity index (χ1v) is 7.71. The van der Waals surface area contributed by atoms with Crippen LogP contribution < -0.4 is 11.1 Å². The third kappa shape index (κ3) is 2.69. The van der Waals surface area contributed by atoms with Crippen molar-refractivity contribution in [2.45, 2.75) is 37.8 Å². The van der Waals surface area contributed by atoms with E-state index in [1.54, 1.807) is 6.07 Å². The van der Waals surface area contributed by atoms with Crippen molar-refractivity contribution in [1.29, 1.82) is 0 Å². The van der Waals surface area contributed by atoms with Gasteiger partial charge in [0.25, 0.3) is 5.91 Å². The third-order valence-electron chi connectivity index (χ3n) is 3.84. The lowest BCUT2D eigenvalue weighted by Crippen LogP contribution is -2.49. The Morgan fingerprint density at radius 1 is 1.30 bits per heavy atom. The van der Waals surface area contributed by atoms with Crippen molar-refractivity contribution in [2.24, 2.45) is 5.73 Å². The van der Waals surface area contributed by atoms with Crippen molar-refractivity contribution in [1.82, 2.24) is 5.32 Å². The molecule has 0 aliphatic heterocycles. The van der Waals surface area contributed by atoms with Gasteiger partial charge in [0.15, 0.2) is 0 Å². The maximum Gasteiger partial charge on any atom is 0.261 e. The van der Waals surface area contributed by atoms with E-state index < -0.39 is 0 Å². The topological polar surface area (TPSA) is 55.1 Å². The molecule has 2 unspecified atom stereocenters. The Kier molecular flexibility index (Phi) is 3.72. The van der Waals surface area contributed by atoms with Gasteiger partial charge < -0.3 is 11.1 Å². The van der Waals surface area contributed by atoms with Crippen LogP contribution in [0.3, 0.4) is 0 Å². The van der Waals surface area contributed by atoms with E-state index in [-0.39, 0.29) is 23.8 Å². The Bertz CT molecular complexity index is 640. The molecule has 0 spiro atoms. The average Bonchev–Trinajstić information content (AvgIpc) is 2.84. The quantitative estimate of drug-likeness (QED) is 0.894. The molecule has 2 atom stereocenters. The van der Waals surface area contributed by atoms with E-state index >= 15 is 0 Å². The van der Waals surface area contributed by atoms with Gasteiger partial charge in [0.2, 0.25) is 0 Å². The van der Waals surface area contributed by atoms with Gasteiger partial charge in [0.1, 0.15) is 5.82 Å². The van der Waals surface area contributed by atoms with E-state index in [9.17, 15) is 9.18 Å². The van der Waals surface area contributed by atoms with E-state index in [2.05, 4.69) is 5.32 Å². The number of thiophene rings is 1. The normalized spacial score (nSPS) is 22.9. The standard InChI is InChI=1S/C15H17FN2OS/c16-10-6-5-9-7-14(20-13(9)8-10)15(19)18-12-4-2-1-3-11(12)17/h5-8,11-12H,1-4,17H2,(H,18,19). The van der Waals surface area contributed by atoms with E-state index in [1.165, 1.54) is 23.5 Å². The van der Waals surface area contributed by atoms with Gasteiger partial charge in [0, 0.05) is 16.8 Å². The second-order valence-corrected chi connectivity index (χ2v) is 6.40. The van der Waals surface area contributed by atoms with Crippen LogP contribution in [0.15, 0.2) is 24.3 Å². The van der Waals surface area contributed by atoms with Gasteiger partial charge >= 0.3 is 0 Å². The molecule has 0 bridgehead atoms. The predicted octanol–water partition coefficient (Wildman–Crippen LogP) is 3.04. The second kappa shape index (κ2) is 5.50. The Hall–Kier alpha value is -1.46. The molecule has 3 N–H and O–H groups in total. The first kappa shape index (κ1) is 13.5. The minimum atomic E-state index is -0.277. The number of carbonyl (C=O) groups excluding carboxylic acids is 1. The molecule has 2 aromatic rings. The summed E-state index contributed by atoms with van der Waals surface area (Å²) in [6, 6.07) is 6.47. The van der Waals surface area contributed by atoms with Gasteiger partial charge in [-0.05, 0) is 36.4 Å². The summed E-state index contributed by atoms with van der Waals surface area (Å²) in [5.74, 6) is -0.380. The molecule has 5 heteroatoms. The Balaban J connectivity index is 1.78. The molecule has 1 aliphatic carbocycles. The zero-order valence-corrected chi connectivity index (χ0v) is 11.9. The monoisotopic (exact) mass is 292 g/mol. The minimum Gasteiger partial charge on any atom is -0.347 e. The van der Waals surface area contributed by atoms with Crippen LogP contribution in [-0.2, 0) is 0 Å². The lowest BCUT2D eigenvalue weighted by atomic mass is 9.91. The van der Waals surface area contributed by atoms with Crippen molar-refractivity contribution in [3.63, 3.8) is 0 Å². The zero-order valence-electron chi connectivity index (χ0n) is 11.1. The molecule has 3 rings (SSSR count). The summed E-state index contributed by atoms with van der Waals surface area (Å²) in [6.07, 6.45) is 4.14. The maximum atomic E-state index is 13.2. The summed E-state index contributed by atoms with van der Waals surface area (Å²) in [6.45, 7) is 0. The Labute approximate surface area is 121 Å². The number of benzene rings is 1. The number of hydrogen-bond acceptors (Lipinski definition) is 3. The summed E-state index contributed by atoms with van der Waals surface area (Å²) < 4.78 is 14.0. The maximum absolute atomic E-state index is 13.2. The highest BCUT2D eigenvalue weighted by Crippen LogP contribution is 2.27. The average molecular weight is 292 g/mol. The minimum absolute atomic E-state index is 0.0412. The number of carbonyl (C=O) groups is 1. The molecule has 1 fully saturated rings. The van der Waals surface area contributed by atoms with Crippen LogP contribution >= 0.6 is 11.3 Å². The van der Waals surface area contributed by atoms with Gasteiger partial charge in [-0.25, -0.2) is 4.39 Å². The van der Waals surface area contributed by atoms with Crippen LogP contribution in [0.2, 0.25) is 0 Å². The number of hydrogen-bond donors (Lipinski definition) is 2. The molecule has 106 valence electrons. The Morgan fingerprint density at radius 3 is 2.90 bits per heavy atom. The SMILES string of the molecule is NC1CCCCC1NC(=O)c1cc2ccc(F)cc2s1. The molecular formula is C15H17FN2OS. The fourth-order valence-electron chi connectivity index (χ4n) is 2.70. The number of halogens is 1. The first-order valence-electron chi connectivity index (χ1n) is 6.89. The fraction of sp³-hybridized carbons (Fsp3) is 0.400. The molecule has 20 heavy (non-hydrogen) atoms. The highest BCUT2D eigenvalue weighted by molar-refractivity contribution is 7.20. The summed E-state index contributed by atoms with van der Waals surface area (Å²) >= 11 is 1.32. The Morgan fingerprint density at radius 2 is 2.10 bits per heavy atom. The van der Waals surface area contributed by atoms with Gasteiger partial charge in [-0.3, -0.25) is 4.79 Å². The molecule has 1 aliphatic rings. The van der Waals surface area contributed by atoms with E-state index in [0.717, 1.165) is 35.8 Å². The van der Waals surface area contributed by atoms with Gasteiger partial charge in [-0.2, -0.15) is 0 Å². The largest absolute Gasteiger partial charge is 0.347 e. The van der Waals surface area contributed by atoms with Crippen LogP contribution in [0.1, 0.15) is 35.4 Å². The predicted molar refractivity (Wildman–Crippen MR) is 79.5 cm³/mol. The van der Waals surface area contributed by atoms with Gasteiger partial charge in [-0.15, -0.1) is 11.3 Å². The van der Waals surface area contributed by atoms with Gasteiger partial charge in [-0.1, -0.05) is 18.9 Å². The highest BCUT2D eigenvalue weighted by atomic mass is 32.1. The summed E-state index contributed by atoms with van der Waals surface area (Å²) in [5, 5.41) is 3.91. The van der Waals surface area contributed by atoms with Crippen molar-refractivity contribution in [3.8, 4) is 0 Å². The first-order chi connectivity index (χ1) is 9.63. The smallest absolute Gasteiger partial charge is 0.261 e. The molecule has 0 saturated heterocycles. The molecule has 1 saturated carbocycles. The summed E-state index contributed by atoms with van der Waals surface area (Å²) in [5.41, 5.74) is 6.04. The molecule has 1 amide bonds. The van der Waals surface area contributed by atoms with Crippen molar-refractivity contribution in [3.05, 3.63) is 35.0 Å². The van der Waals surface area contributed by atoms with Crippen LogP contribution in [0.5, 0.6) is 0 Å². The summed E-state index contributed by atoms with van der Waals surface area (Å²) in [4.78, 5) is 12.9. The molecule has 1 heterocycles. The number of nitrogens with one attached hydrogen (secondary N) is 1. The van der Waals surface area contributed by atoms with E-state index in [1.807, 2.05) is 6.07 Å². The van der Waals surface area contributed by atoms with Crippen LogP contribution in [0.4, 0.5) is 4.39 Å². The van der Waals surface area contributed by atoms with E-state index in [0.29, 0.717) is 4.88 Å². The second-order valence-electron chi connectivity index (χ2n) is 5.32. The molecule has 1 aromatic heterocycles. The fourth-order valence-corrected chi connectivity index (χ4v) is 3.69. The molecule has 3 nitrogen and oxygen atoms in total. The lowest BCUT2D eigenvalue weighted by Gasteiger charge is -2.29. The number of rotatable bonds is 2. The van der Waals surface area contributed by atoms with Crippen molar-refractivity contribution in [2.75, 3.05) is 0 Å². The summed E-state index contributed by atoms with van der Waals surface area (Å²) in [7, 11) is 0. The van der Waals surface area contributed by atoms with Gasteiger partial charge in [0.05, 0.1) is 4.88 Å². The number of fused-ring (bicyclic) bond motifs is 1. The number of amides is 1. The lowest BCUT2D eigenvalue weighted by molar-refractivity contribution is 0.0925. The number of nitrogens with two attached hydrogens (primary N) is 1. The van der Waals surface area contributed by atoms with Crippen LogP contribution in [0, 0.1) is 5.82 Å². The van der Waals surface area contributed by atoms with E-state index in [4.69, 9.17) is 5.73 Å². The van der Waals surface area contributed by atoms with Crippen molar-refractivity contribution >= 4 is 27.3 Å². The third-order valence-corrected chi connectivity index (χ3v) is 4.94. The highest BCUT2D eigenvalue weighted by Gasteiger charge is 2.24. The molecule has 0 radical (unpaired) electrons. The molecular weight excluding hydrogens is 275 g/mol. The van der Waals surface area contributed by atoms with Crippen molar-refractivity contribution < 1.29 is 9.18 Å². The molecule has 1 aromatic carbocycles.